The lowest BCUT2D eigenvalue weighted by Crippen LogP contribution is -2.25. The lowest BCUT2D eigenvalue weighted by molar-refractivity contribution is -0.0498. The molecule has 2 aromatic heterocycles. The third-order valence-corrected chi connectivity index (χ3v) is 6.04. The number of imidazole rings is 1. The van der Waals surface area contributed by atoms with Crippen molar-refractivity contribution in [1.82, 2.24) is 19.5 Å². The van der Waals surface area contributed by atoms with Gasteiger partial charge in [-0.3, -0.25) is 4.57 Å². The zero-order valence-corrected chi connectivity index (χ0v) is 17.5. The van der Waals surface area contributed by atoms with Gasteiger partial charge in [0.05, 0.1) is 10.7 Å². The van der Waals surface area contributed by atoms with Crippen LogP contribution < -0.4 is 10.1 Å². The molecule has 6 nitrogen and oxygen atoms in total. The van der Waals surface area contributed by atoms with Gasteiger partial charge in [0.15, 0.2) is 17.0 Å². The number of hydrogen-bond acceptors (Lipinski definition) is 5. The fourth-order valence-electron chi connectivity index (χ4n) is 4.10. The molecule has 30 heavy (non-hydrogen) atoms. The lowest BCUT2D eigenvalue weighted by Gasteiger charge is -2.18. The van der Waals surface area contributed by atoms with E-state index in [2.05, 4.69) is 20.0 Å². The first-order valence-corrected chi connectivity index (χ1v) is 10.5. The van der Waals surface area contributed by atoms with E-state index in [0.29, 0.717) is 46.4 Å². The fourth-order valence-corrected chi connectivity index (χ4v) is 4.35. The first-order valence-electron chi connectivity index (χ1n) is 10.2. The molecule has 2 fully saturated rings. The van der Waals surface area contributed by atoms with Gasteiger partial charge in [-0.25, -0.2) is 15.0 Å². The normalized spacial score (nSPS) is 16.6. The number of anilines is 1. The van der Waals surface area contributed by atoms with E-state index < -0.39 is 6.61 Å². The summed E-state index contributed by atoms with van der Waals surface area (Å²) in [6.07, 6.45) is 5.05. The van der Waals surface area contributed by atoms with Gasteiger partial charge in [-0.05, 0) is 63.5 Å². The van der Waals surface area contributed by atoms with Gasteiger partial charge in [0.25, 0.3) is 0 Å². The number of aromatic nitrogens is 4. The Balaban J connectivity index is 1.57. The van der Waals surface area contributed by atoms with Crippen molar-refractivity contribution < 1.29 is 13.5 Å². The number of rotatable bonds is 7. The van der Waals surface area contributed by atoms with Crippen LogP contribution in [0.3, 0.4) is 0 Å². The van der Waals surface area contributed by atoms with Gasteiger partial charge in [0, 0.05) is 12.1 Å². The number of alkyl halides is 2. The van der Waals surface area contributed by atoms with Crippen molar-refractivity contribution in [2.75, 3.05) is 5.32 Å². The summed E-state index contributed by atoms with van der Waals surface area (Å²) >= 11 is 6.41. The Morgan fingerprint density at radius 2 is 1.80 bits per heavy atom. The number of nitrogens with zero attached hydrogens (tertiary/aromatic N) is 4. The van der Waals surface area contributed by atoms with Crippen molar-refractivity contribution in [3.05, 3.63) is 34.9 Å². The van der Waals surface area contributed by atoms with Crippen LogP contribution in [0.4, 0.5) is 14.6 Å². The van der Waals surface area contributed by atoms with Gasteiger partial charge in [0.2, 0.25) is 0 Å². The molecule has 0 saturated heterocycles. The van der Waals surface area contributed by atoms with E-state index in [1.165, 1.54) is 37.8 Å². The second kappa shape index (κ2) is 7.34. The summed E-state index contributed by atoms with van der Waals surface area (Å²) < 4.78 is 31.3. The van der Waals surface area contributed by atoms with Crippen LogP contribution in [-0.4, -0.2) is 32.2 Å². The van der Waals surface area contributed by atoms with Gasteiger partial charge >= 0.3 is 6.61 Å². The third kappa shape index (κ3) is 3.69. The molecule has 0 unspecified atom stereocenters. The molecule has 9 heteroatoms. The van der Waals surface area contributed by atoms with E-state index in [0.717, 1.165) is 5.82 Å². The second-order valence-electron chi connectivity index (χ2n) is 8.12. The van der Waals surface area contributed by atoms with Crippen LogP contribution in [0, 0.1) is 25.7 Å². The maximum atomic E-state index is 12.5. The molecule has 2 aliphatic carbocycles. The molecule has 2 heterocycles. The Morgan fingerprint density at radius 1 is 1.10 bits per heavy atom. The molecular weight excluding hydrogens is 412 g/mol. The first-order chi connectivity index (χ1) is 14.4. The number of aryl methyl sites for hydroxylation is 2. The summed E-state index contributed by atoms with van der Waals surface area (Å²) in [7, 11) is 0. The summed E-state index contributed by atoms with van der Waals surface area (Å²) in [6.45, 7) is 0.805. The predicted molar refractivity (Wildman–Crippen MR) is 111 cm³/mol. The Kier molecular flexibility index (Phi) is 4.76. The number of ether oxygens (including phenoxy) is 1. The van der Waals surface area contributed by atoms with E-state index in [4.69, 9.17) is 16.6 Å². The number of hydrogen-bond donors (Lipinski definition) is 1. The minimum absolute atomic E-state index is 0.00527. The molecule has 0 bridgehead atoms. The highest BCUT2D eigenvalue weighted by atomic mass is 35.5. The van der Waals surface area contributed by atoms with E-state index in [9.17, 15) is 8.78 Å². The summed E-state index contributed by atoms with van der Waals surface area (Å²) in [5.74, 6) is 3.49. The van der Waals surface area contributed by atoms with Gasteiger partial charge in [-0.1, -0.05) is 11.6 Å². The van der Waals surface area contributed by atoms with E-state index >= 15 is 0 Å². The fraction of sp³-hybridized carbons (Fsp3) is 0.476. The molecule has 2 saturated carbocycles. The zero-order valence-electron chi connectivity index (χ0n) is 16.7. The first kappa shape index (κ1) is 19.5. The molecule has 0 aliphatic heterocycles. The highest BCUT2D eigenvalue weighted by molar-refractivity contribution is 6.32. The van der Waals surface area contributed by atoms with Crippen molar-refractivity contribution in [3.8, 4) is 11.4 Å². The van der Waals surface area contributed by atoms with Gasteiger partial charge < -0.3 is 10.1 Å². The highest BCUT2D eigenvalue weighted by Crippen LogP contribution is 2.46. The summed E-state index contributed by atoms with van der Waals surface area (Å²) in [5, 5.41) is 3.93. The topological polar surface area (TPSA) is 64.9 Å². The Bertz CT molecular complexity index is 1100. The standard InChI is InChI=1S/C21H22ClF2N5O/c1-10-25-19(28-17(12-3-4-12)13-5-6-13)18-20(26-10)29(11(2)27-18)16-8-7-14(9-15(16)22)30-21(23)24/h7-9,12-13,17,21H,3-6H2,1-2H3,(H,25,26,28). The molecule has 2 aliphatic rings. The SMILES string of the molecule is Cc1nc(NC(C2CC2)C2CC2)c2nc(C)n(-c3ccc(OC(F)F)cc3Cl)c2n1. The van der Waals surface area contributed by atoms with Crippen LogP contribution in [0.2, 0.25) is 5.02 Å². The van der Waals surface area contributed by atoms with Gasteiger partial charge in [0.1, 0.15) is 17.4 Å². The number of nitrogens with one attached hydrogen (secondary N) is 1. The van der Waals surface area contributed by atoms with Crippen molar-refractivity contribution in [3.63, 3.8) is 0 Å². The number of benzene rings is 1. The summed E-state index contributed by atoms with van der Waals surface area (Å²) in [6, 6.07) is 4.90. The Hall–Kier alpha value is -2.48. The smallest absolute Gasteiger partial charge is 0.387 e. The van der Waals surface area contributed by atoms with Gasteiger partial charge in [-0.2, -0.15) is 8.78 Å². The average Bonchev–Trinajstić information content (AvgIpc) is 3.58. The molecule has 1 aromatic carbocycles. The largest absolute Gasteiger partial charge is 0.435 e. The molecule has 0 radical (unpaired) electrons. The van der Waals surface area contributed by atoms with Crippen molar-refractivity contribution >= 4 is 28.6 Å². The molecular formula is C21H22ClF2N5O. The van der Waals surface area contributed by atoms with Crippen molar-refractivity contribution in [1.29, 1.82) is 0 Å². The third-order valence-electron chi connectivity index (χ3n) is 5.73. The average molecular weight is 434 g/mol. The van der Waals surface area contributed by atoms with Gasteiger partial charge in [-0.15, -0.1) is 0 Å². The second-order valence-corrected chi connectivity index (χ2v) is 8.53. The maximum Gasteiger partial charge on any atom is 0.387 e. The number of fused-ring (bicyclic) bond motifs is 1. The van der Waals surface area contributed by atoms with E-state index in [-0.39, 0.29) is 10.8 Å². The quantitative estimate of drug-likeness (QED) is 0.548. The van der Waals surface area contributed by atoms with Crippen LogP contribution in [0.1, 0.15) is 37.3 Å². The molecule has 0 atom stereocenters. The van der Waals surface area contributed by atoms with Crippen LogP contribution >= 0.6 is 11.6 Å². The van der Waals surface area contributed by atoms with E-state index in [1.807, 2.05) is 18.4 Å². The summed E-state index contributed by atoms with van der Waals surface area (Å²) in [5.41, 5.74) is 1.92. The van der Waals surface area contributed by atoms with Crippen LogP contribution in [0.15, 0.2) is 18.2 Å². The minimum Gasteiger partial charge on any atom is -0.435 e. The van der Waals surface area contributed by atoms with Crippen LogP contribution in [0.5, 0.6) is 5.75 Å². The molecule has 1 N–H and O–H groups in total. The maximum absolute atomic E-state index is 12.5. The number of halogens is 3. The van der Waals surface area contributed by atoms with Crippen LogP contribution in [-0.2, 0) is 0 Å². The minimum atomic E-state index is -2.90. The highest BCUT2D eigenvalue weighted by Gasteiger charge is 2.42. The predicted octanol–water partition coefficient (Wildman–Crippen LogP) is 5.29. The Labute approximate surface area is 177 Å². The van der Waals surface area contributed by atoms with Crippen molar-refractivity contribution in [2.24, 2.45) is 11.8 Å². The Morgan fingerprint density at radius 3 is 2.40 bits per heavy atom. The monoisotopic (exact) mass is 433 g/mol. The summed E-state index contributed by atoms with van der Waals surface area (Å²) in [4.78, 5) is 14.0. The lowest BCUT2D eigenvalue weighted by atomic mass is 10.1. The van der Waals surface area contributed by atoms with Crippen LogP contribution in [0.25, 0.3) is 16.9 Å². The van der Waals surface area contributed by atoms with E-state index in [1.54, 1.807) is 6.07 Å². The molecule has 0 spiro atoms. The molecule has 158 valence electrons. The molecule has 3 aromatic rings. The molecule has 5 rings (SSSR count). The molecule has 0 amide bonds. The zero-order chi connectivity index (χ0) is 21.0. The van der Waals surface area contributed by atoms with Crippen molar-refractivity contribution in [2.45, 2.75) is 52.2 Å².